The van der Waals surface area contributed by atoms with Crippen LogP contribution in [0.25, 0.3) is 11.3 Å². The molecule has 0 aliphatic carbocycles. The molecule has 0 aliphatic heterocycles. The predicted molar refractivity (Wildman–Crippen MR) is 122 cm³/mol. The lowest BCUT2D eigenvalue weighted by Gasteiger charge is -2.12. The molecule has 0 fully saturated rings. The number of nitrogens with one attached hydrogen (secondary N) is 1. The number of anilines is 1. The van der Waals surface area contributed by atoms with E-state index in [4.69, 9.17) is 32.7 Å². The summed E-state index contributed by atoms with van der Waals surface area (Å²) in [4.78, 5) is 4.54. The molecule has 0 amide bonds. The number of hydrazone groups is 1. The van der Waals surface area contributed by atoms with Crippen LogP contribution in [-0.2, 0) is 0 Å². The van der Waals surface area contributed by atoms with E-state index in [-0.39, 0.29) is 0 Å². The van der Waals surface area contributed by atoms with Gasteiger partial charge in [0, 0.05) is 10.9 Å². The Morgan fingerprint density at radius 1 is 1.17 bits per heavy atom. The van der Waals surface area contributed by atoms with Gasteiger partial charge in [0.1, 0.15) is 5.75 Å². The van der Waals surface area contributed by atoms with Gasteiger partial charge in [0.05, 0.1) is 35.7 Å². The molecule has 0 spiro atoms. The number of hydrogen-bond acceptors (Lipinski definition) is 6. The van der Waals surface area contributed by atoms with E-state index < -0.39 is 0 Å². The largest absolute Gasteiger partial charge is 0.497 e. The topological polar surface area (TPSA) is 55.7 Å². The maximum absolute atomic E-state index is 6.30. The molecule has 2 aromatic carbocycles. The Labute approximate surface area is 184 Å². The molecule has 0 saturated heterocycles. The Bertz CT molecular complexity index is 965. The molecule has 3 rings (SSSR count). The molecule has 0 saturated carbocycles. The van der Waals surface area contributed by atoms with E-state index in [1.54, 1.807) is 25.5 Å². The number of rotatable bonds is 8. The number of halogens is 2. The van der Waals surface area contributed by atoms with Crippen molar-refractivity contribution in [3.63, 3.8) is 0 Å². The molecule has 1 heterocycles. The van der Waals surface area contributed by atoms with Gasteiger partial charge in [-0.05, 0) is 47.9 Å². The van der Waals surface area contributed by atoms with E-state index in [0.29, 0.717) is 33.5 Å². The lowest BCUT2D eigenvalue weighted by molar-refractivity contribution is 0.271. The molecular formula is C21H21Cl2N3O2S. The monoisotopic (exact) mass is 449 g/mol. The quantitative estimate of drug-likeness (QED) is 0.310. The summed E-state index contributed by atoms with van der Waals surface area (Å²) < 4.78 is 10.9. The number of aromatic nitrogens is 1. The van der Waals surface area contributed by atoms with Gasteiger partial charge in [-0.2, -0.15) is 5.10 Å². The van der Waals surface area contributed by atoms with E-state index in [1.807, 2.05) is 29.6 Å². The van der Waals surface area contributed by atoms with Crippen LogP contribution in [0, 0.1) is 5.92 Å². The summed E-state index contributed by atoms with van der Waals surface area (Å²) in [6, 6.07) is 11.3. The van der Waals surface area contributed by atoms with Crippen molar-refractivity contribution >= 4 is 45.9 Å². The van der Waals surface area contributed by atoms with Crippen molar-refractivity contribution in [2.24, 2.45) is 11.0 Å². The van der Waals surface area contributed by atoms with E-state index in [0.717, 1.165) is 22.6 Å². The van der Waals surface area contributed by atoms with Crippen LogP contribution in [0.3, 0.4) is 0 Å². The molecule has 0 atom stereocenters. The van der Waals surface area contributed by atoms with Crippen molar-refractivity contribution in [1.82, 2.24) is 4.98 Å². The summed E-state index contributed by atoms with van der Waals surface area (Å²) in [5, 5.41) is 7.78. The van der Waals surface area contributed by atoms with Gasteiger partial charge < -0.3 is 9.47 Å². The van der Waals surface area contributed by atoms with E-state index in [9.17, 15) is 0 Å². The third-order valence-electron chi connectivity index (χ3n) is 3.85. The van der Waals surface area contributed by atoms with Crippen molar-refractivity contribution in [3.05, 3.63) is 57.4 Å². The van der Waals surface area contributed by atoms with Crippen LogP contribution < -0.4 is 14.9 Å². The fourth-order valence-electron chi connectivity index (χ4n) is 2.42. The Balaban J connectivity index is 1.64. The van der Waals surface area contributed by atoms with Crippen LogP contribution in [0.5, 0.6) is 11.5 Å². The van der Waals surface area contributed by atoms with Gasteiger partial charge in [-0.3, -0.25) is 5.43 Å². The Morgan fingerprint density at radius 2 is 1.86 bits per heavy atom. The highest BCUT2D eigenvalue weighted by molar-refractivity contribution is 7.14. The van der Waals surface area contributed by atoms with Crippen LogP contribution in [-0.4, -0.2) is 24.9 Å². The molecule has 0 unspecified atom stereocenters. The first-order valence-electron chi connectivity index (χ1n) is 8.97. The van der Waals surface area contributed by atoms with Gasteiger partial charge in [0.25, 0.3) is 0 Å². The third-order valence-corrected chi connectivity index (χ3v) is 5.15. The van der Waals surface area contributed by atoms with Gasteiger partial charge in [0.2, 0.25) is 5.13 Å². The highest BCUT2D eigenvalue weighted by Gasteiger charge is 2.10. The molecule has 3 aromatic rings. The molecule has 1 aromatic heterocycles. The van der Waals surface area contributed by atoms with E-state index in [1.165, 1.54) is 11.3 Å². The third kappa shape index (κ3) is 5.85. The molecule has 152 valence electrons. The van der Waals surface area contributed by atoms with Crippen LogP contribution in [0.1, 0.15) is 19.4 Å². The SMILES string of the molecule is COc1ccc(-c2csc(N/N=C\c3cc(Cl)c(OCC(C)C)c(Cl)c3)n2)cc1. The average molecular weight is 450 g/mol. The number of benzene rings is 2. The Hall–Kier alpha value is -2.28. The van der Waals surface area contributed by atoms with Crippen molar-refractivity contribution < 1.29 is 9.47 Å². The average Bonchev–Trinajstić information content (AvgIpc) is 3.16. The minimum absolute atomic E-state index is 0.383. The van der Waals surface area contributed by atoms with Crippen LogP contribution >= 0.6 is 34.5 Å². The zero-order chi connectivity index (χ0) is 20.8. The number of hydrogen-bond donors (Lipinski definition) is 1. The summed E-state index contributed by atoms with van der Waals surface area (Å²) in [6.45, 7) is 4.68. The van der Waals surface area contributed by atoms with Crippen molar-refractivity contribution in [2.75, 3.05) is 19.1 Å². The van der Waals surface area contributed by atoms with E-state index >= 15 is 0 Å². The normalized spacial score (nSPS) is 11.2. The van der Waals surface area contributed by atoms with Crippen molar-refractivity contribution in [3.8, 4) is 22.8 Å². The minimum atomic E-state index is 0.383. The lowest BCUT2D eigenvalue weighted by Crippen LogP contribution is -2.05. The van der Waals surface area contributed by atoms with Gasteiger partial charge >= 0.3 is 0 Å². The van der Waals surface area contributed by atoms with Gasteiger partial charge in [0.15, 0.2) is 5.75 Å². The zero-order valence-corrected chi connectivity index (χ0v) is 18.6. The highest BCUT2D eigenvalue weighted by atomic mass is 35.5. The first-order valence-corrected chi connectivity index (χ1v) is 10.6. The molecular weight excluding hydrogens is 429 g/mol. The molecule has 0 bridgehead atoms. The highest BCUT2D eigenvalue weighted by Crippen LogP contribution is 2.34. The van der Waals surface area contributed by atoms with Crippen molar-refractivity contribution in [1.29, 1.82) is 0 Å². The second kappa shape index (κ2) is 9.96. The summed E-state index contributed by atoms with van der Waals surface area (Å²) in [5.74, 6) is 1.69. The predicted octanol–water partition coefficient (Wildman–Crippen LogP) is 6.61. The van der Waals surface area contributed by atoms with Crippen LogP contribution in [0.4, 0.5) is 5.13 Å². The van der Waals surface area contributed by atoms with Crippen LogP contribution in [0.2, 0.25) is 10.0 Å². The van der Waals surface area contributed by atoms with E-state index in [2.05, 4.69) is 29.4 Å². The zero-order valence-electron chi connectivity index (χ0n) is 16.3. The Morgan fingerprint density at radius 3 is 2.48 bits per heavy atom. The fourth-order valence-corrected chi connectivity index (χ4v) is 3.70. The smallest absolute Gasteiger partial charge is 0.203 e. The molecule has 0 aliphatic rings. The van der Waals surface area contributed by atoms with Crippen molar-refractivity contribution in [2.45, 2.75) is 13.8 Å². The minimum Gasteiger partial charge on any atom is -0.497 e. The number of nitrogens with zero attached hydrogens (tertiary/aromatic N) is 2. The molecule has 29 heavy (non-hydrogen) atoms. The number of methoxy groups -OCH3 is 1. The second-order valence-corrected chi connectivity index (χ2v) is 8.33. The first-order chi connectivity index (χ1) is 14.0. The van der Waals surface area contributed by atoms with Crippen LogP contribution in [0.15, 0.2) is 46.9 Å². The number of thiazole rings is 1. The summed E-state index contributed by atoms with van der Waals surface area (Å²) in [7, 11) is 1.64. The fraction of sp³-hybridized carbons (Fsp3) is 0.238. The maximum Gasteiger partial charge on any atom is 0.203 e. The lowest BCUT2D eigenvalue weighted by atomic mass is 10.2. The first kappa shape index (κ1) is 21.4. The maximum atomic E-state index is 6.30. The van der Waals surface area contributed by atoms with Gasteiger partial charge in [-0.15, -0.1) is 11.3 Å². The molecule has 5 nitrogen and oxygen atoms in total. The standard InChI is InChI=1S/C21H21Cl2N3O2S/c1-13(2)11-28-20-17(22)8-14(9-18(20)23)10-24-26-21-25-19(12-29-21)15-4-6-16(27-3)7-5-15/h4-10,12-13H,11H2,1-3H3,(H,25,26)/b24-10-. The molecule has 8 heteroatoms. The van der Waals surface area contributed by atoms with Gasteiger partial charge in [-0.25, -0.2) is 4.98 Å². The second-order valence-electron chi connectivity index (χ2n) is 6.65. The number of ether oxygens (including phenoxy) is 2. The summed E-state index contributed by atoms with van der Waals surface area (Å²) in [6.07, 6.45) is 1.64. The Kier molecular flexibility index (Phi) is 7.36. The molecule has 1 N–H and O–H groups in total. The van der Waals surface area contributed by atoms with Gasteiger partial charge in [-0.1, -0.05) is 37.0 Å². The summed E-state index contributed by atoms with van der Waals surface area (Å²) in [5.41, 5.74) is 5.57. The molecule has 0 radical (unpaired) electrons. The summed E-state index contributed by atoms with van der Waals surface area (Å²) >= 11 is 14.1.